The molecule has 0 spiro atoms. The molecule has 146 valence electrons. The van der Waals surface area contributed by atoms with E-state index in [-0.39, 0.29) is 5.91 Å². The van der Waals surface area contributed by atoms with E-state index in [4.69, 9.17) is 0 Å². The normalized spacial score (nSPS) is 10.8. The number of nitrogens with one attached hydrogen (secondary N) is 1. The van der Waals surface area contributed by atoms with Crippen LogP contribution in [0.25, 0.3) is 17.2 Å². The van der Waals surface area contributed by atoms with Crippen molar-refractivity contribution in [2.24, 2.45) is 0 Å². The number of carbonyl (C=O) groups excluding carboxylic acids is 1. The zero-order chi connectivity index (χ0) is 20.2. The van der Waals surface area contributed by atoms with Crippen molar-refractivity contribution in [1.82, 2.24) is 35.1 Å². The predicted molar refractivity (Wildman–Crippen MR) is 109 cm³/mol. The van der Waals surface area contributed by atoms with Crippen LogP contribution in [0.15, 0.2) is 54.9 Å². The molecular formula is C20H20N8O. The van der Waals surface area contributed by atoms with Crippen molar-refractivity contribution in [3.05, 3.63) is 66.1 Å². The molecule has 0 saturated carbocycles. The zero-order valence-electron chi connectivity index (χ0n) is 16.1. The molecule has 0 bridgehead atoms. The van der Waals surface area contributed by atoms with E-state index in [1.54, 1.807) is 29.0 Å². The molecule has 0 atom stereocenters. The fourth-order valence-corrected chi connectivity index (χ4v) is 2.82. The van der Waals surface area contributed by atoms with Gasteiger partial charge in [-0.15, -0.1) is 15.3 Å². The summed E-state index contributed by atoms with van der Waals surface area (Å²) < 4.78 is 1.63. The summed E-state index contributed by atoms with van der Waals surface area (Å²) in [7, 11) is 3.82. The Kier molecular flexibility index (Phi) is 5.10. The summed E-state index contributed by atoms with van der Waals surface area (Å²) in [5.41, 5.74) is 2.56. The highest BCUT2D eigenvalue weighted by Crippen LogP contribution is 2.18. The summed E-state index contributed by atoms with van der Waals surface area (Å²) in [5.74, 6) is 1.06. The van der Waals surface area contributed by atoms with Gasteiger partial charge in [0.25, 0.3) is 5.91 Å². The van der Waals surface area contributed by atoms with Crippen molar-refractivity contribution in [3.8, 4) is 11.5 Å². The first-order valence-corrected chi connectivity index (χ1v) is 9.16. The van der Waals surface area contributed by atoms with Gasteiger partial charge in [-0.3, -0.25) is 14.8 Å². The van der Waals surface area contributed by atoms with E-state index in [1.807, 2.05) is 49.3 Å². The molecule has 0 fully saturated rings. The van der Waals surface area contributed by atoms with E-state index in [9.17, 15) is 4.79 Å². The minimum absolute atomic E-state index is 0.180. The topological polar surface area (TPSA) is 101 Å². The van der Waals surface area contributed by atoms with Crippen LogP contribution in [0.1, 0.15) is 16.1 Å². The molecule has 0 saturated heterocycles. The molecule has 4 heterocycles. The Balaban J connectivity index is 1.53. The molecule has 0 aliphatic rings. The monoisotopic (exact) mass is 388 g/mol. The number of pyridine rings is 2. The molecule has 9 nitrogen and oxygen atoms in total. The van der Waals surface area contributed by atoms with Gasteiger partial charge in [0.15, 0.2) is 5.65 Å². The second kappa shape index (κ2) is 8.01. The third-order valence-electron chi connectivity index (χ3n) is 4.35. The minimum Gasteiger partial charge on any atom is -0.361 e. The first-order valence-electron chi connectivity index (χ1n) is 9.16. The smallest absolute Gasteiger partial charge is 0.251 e. The lowest BCUT2D eigenvalue weighted by molar-refractivity contribution is 0.0954. The molecule has 0 aliphatic heterocycles. The highest BCUT2D eigenvalue weighted by molar-refractivity contribution is 5.94. The molecule has 0 unspecified atom stereocenters. The quantitative estimate of drug-likeness (QED) is 0.535. The highest BCUT2D eigenvalue weighted by atomic mass is 16.1. The maximum atomic E-state index is 12.5. The molecule has 4 aromatic rings. The molecule has 0 radical (unpaired) electrons. The Morgan fingerprint density at radius 3 is 2.76 bits per heavy atom. The standard InChI is InChI=1S/C20H20N8O/c1-27(2)18-7-6-17-24-25-19(28(17)26-18)16-13-14(8-11-22-16)20(29)23-12-9-15-5-3-4-10-21-15/h3-8,10-11,13H,9,12H2,1-2H3,(H,23,29). The van der Waals surface area contributed by atoms with Crippen molar-refractivity contribution in [2.45, 2.75) is 6.42 Å². The van der Waals surface area contributed by atoms with Crippen LogP contribution in [0.4, 0.5) is 5.82 Å². The van der Waals surface area contributed by atoms with Gasteiger partial charge in [0.1, 0.15) is 11.5 Å². The maximum Gasteiger partial charge on any atom is 0.251 e. The zero-order valence-corrected chi connectivity index (χ0v) is 16.1. The molecule has 4 rings (SSSR count). The summed E-state index contributed by atoms with van der Waals surface area (Å²) in [6.07, 6.45) is 3.99. The first kappa shape index (κ1) is 18.5. The van der Waals surface area contributed by atoms with E-state index in [1.165, 1.54) is 0 Å². The summed E-state index contributed by atoms with van der Waals surface area (Å²) >= 11 is 0. The average molecular weight is 388 g/mol. The second-order valence-corrected chi connectivity index (χ2v) is 6.64. The van der Waals surface area contributed by atoms with Gasteiger partial charge in [0.2, 0.25) is 5.82 Å². The van der Waals surface area contributed by atoms with E-state index < -0.39 is 0 Å². The number of rotatable bonds is 6. The Labute approximate surface area is 167 Å². The Bertz CT molecular complexity index is 1140. The highest BCUT2D eigenvalue weighted by Gasteiger charge is 2.14. The van der Waals surface area contributed by atoms with Gasteiger partial charge in [-0.05, 0) is 36.4 Å². The molecule has 9 heteroatoms. The van der Waals surface area contributed by atoms with Crippen LogP contribution in [0.3, 0.4) is 0 Å². The lowest BCUT2D eigenvalue weighted by atomic mass is 10.2. The Morgan fingerprint density at radius 1 is 1.07 bits per heavy atom. The first-order chi connectivity index (χ1) is 14.1. The molecule has 0 aliphatic carbocycles. The number of aromatic nitrogens is 6. The van der Waals surface area contributed by atoms with Crippen LogP contribution in [-0.4, -0.2) is 56.3 Å². The van der Waals surface area contributed by atoms with Gasteiger partial charge in [-0.25, -0.2) is 0 Å². The van der Waals surface area contributed by atoms with E-state index >= 15 is 0 Å². The van der Waals surface area contributed by atoms with Crippen LogP contribution >= 0.6 is 0 Å². The van der Waals surface area contributed by atoms with Crippen molar-refractivity contribution in [2.75, 3.05) is 25.5 Å². The summed E-state index contributed by atoms with van der Waals surface area (Å²) in [4.78, 5) is 23.0. The summed E-state index contributed by atoms with van der Waals surface area (Å²) in [5, 5.41) is 15.8. The van der Waals surface area contributed by atoms with Crippen LogP contribution in [0.2, 0.25) is 0 Å². The SMILES string of the molecule is CN(C)c1ccc2nnc(-c3cc(C(=O)NCCc4ccccn4)ccn3)n2n1. The molecule has 1 N–H and O–H groups in total. The van der Waals surface area contributed by atoms with Crippen molar-refractivity contribution in [3.63, 3.8) is 0 Å². The molecular weight excluding hydrogens is 368 g/mol. The number of carbonyl (C=O) groups is 1. The van der Waals surface area contributed by atoms with E-state index in [0.29, 0.717) is 35.7 Å². The lowest BCUT2D eigenvalue weighted by Gasteiger charge is -2.10. The third kappa shape index (κ3) is 4.03. The predicted octanol–water partition coefficient (Wildman–Crippen LogP) is 1.62. The van der Waals surface area contributed by atoms with Gasteiger partial charge in [-0.1, -0.05) is 6.07 Å². The van der Waals surface area contributed by atoms with Crippen LogP contribution in [0.5, 0.6) is 0 Å². The minimum atomic E-state index is -0.180. The number of anilines is 1. The largest absolute Gasteiger partial charge is 0.361 e. The van der Waals surface area contributed by atoms with Crippen molar-refractivity contribution in [1.29, 1.82) is 0 Å². The average Bonchev–Trinajstić information content (AvgIpc) is 3.18. The maximum absolute atomic E-state index is 12.5. The lowest BCUT2D eigenvalue weighted by Crippen LogP contribution is -2.26. The van der Waals surface area contributed by atoms with Crippen molar-refractivity contribution >= 4 is 17.4 Å². The second-order valence-electron chi connectivity index (χ2n) is 6.64. The summed E-state index contributed by atoms with van der Waals surface area (Å²) in [6, 6.07) is 12.8. The fraction of sp³-hybridized carbons (Fsp3) is 0.200. The molecule has 4 aromatic heterocycles. The molecule has 0 aromatic carbocycles. The third-order valence-corrected chi connectivity index (χ3v) is 4.35. The van der Waals surface area contributed by atoms with Crippen LogP contribution in [0, 0.1) is 0 Å². The van der Waals surface area contributed by atoms with Crippen LogP contribution in [-0.2, 0) is 6.42 Å². The number of hydrogen-bond acceptors (Lipinski definition) is 7. The van der Waals surface area contributed by atoms with Crippen molar-refractivity contribution < 1.29 is 4.79 Å². The number of nitrogens with zero attached hydrogens (tertiary/aromatic N) is 7. The Hall–Kier alpha value is -3.88. The van der Waals surface area contributed by atoms with Gasteiger partial charge in [0, 0.05) is 50.7 Å². The van der Waals surface area contributed by atoms with E-state index in [2.05, 4.69) is 30.6 Å². The number of amides is 1. The van der Waals surface area contributed by atoms with Gasteiger partial charge in [-0.2, -0.15) is 4.52 Å². The molecule has 29 heavy (non-hydrogen) atoms. The molecule has 1 amide bonds. The number of fused-ring (bicyclic) bond motifs is 1. The van der Waals surface area contributed by atoms with E-state index in [0.717, 1.165) is 11.5 Å². The number of hydrogen-bond donors (Lipinski definition) is 1. The van der Waals surface area contributed by atoms with Gasteiger partial charge >= 0.3 is 0 Å². The summed E-state index contributed by atoms with van der Waals surface area (Å²) in [6.45, 7) is 0.495. The fourth-order valence-electron chi connectivity index (χ4n) is 2.82. The Morgan fingerprint density at radius 2 is 1.97 bits per heavy atom. The van der Waals surface area contributed by atoms with Crippen LogP contribution < -0.4 is 10.2 Å². The van der Waals surface area contributed by atoms with Gasteiger partial charge < -0.3 is 10.2 Å². The van der Waals surface area contributed by atoms with Gasteiger partial charge in [0.05, 0.1) is 0 Å².